The van der Waals surface area contributed by atoms with Crippen LogP contribution in [0.4, 0.5) is 0 Å². The Balaban J connectivity index is 2.18. The Morgan fingerprint density at radius 1 is 1.12 bits per heavy atom. The summed E-state index contributed by atoms with van der Waals surface area (Å²) in [4.78, 5) is 5.74. The van der Waals surface area contributed by atoms with E-state index in [0.29, 0.717) is 0 Å². The fourth-order valence-electron chi connectivity index (χ4n) is 1.53. The Bertz CT molecular complexity index is 657. The van der Waals surface area contributed by atoms with Crippen LogP contribution in [-0.4, -0.2) is 9.38 Å². The molecule has 0 saturated heterocycles. The molecule has 0 bridgehead atoms. The topological polar surface area (TPSA) is 17.3 Å². The first-order valence-electron chi connectivity index (χ1n) is 4.61. The van der Waals surface area contributed by atoms with Crippen LogP contribution in [0.5, 0.6) is 0 Å². The number of nitrogens with zero attached hydrogens (tertiary/aromatic N) is 2. The van der Waals surface area contributed by atoms with Crippen LogP contribution in [0.1, 0.15) is 0 Å². The van der Waals surface area contributed by atoms with E-state index >= 15 is 0 Å². The second kappa shape index (κ2) is 3.98. The van der Waals surface area contributed by atoms with E-state index in [-0.39, 0.29) is 0 Å². The molecule has 0 spiro atoms. The number of hydrogen-bond donors (Lipinski definition) is 0. The van der Waals surface area contributed by atoms with Gasteiger partial charge in [0.05, 0.1) is 10.6 Å². The number of halogens is 2. The summed E-state index contributed by atoms with van der Waals surface area (Å²) < 4.78 is 4.18. The van der Waals surface area contributed by atoms with Gasteiger partial charge in [0, 0.05) is 26.7 Å². The minimum absolute atomic E-state index is 0.961. The van der Waals surface area contributed by atoms with Gasteiger partial charge in [0.2, 0.25) is 0 Å². The maximum Gasteiger partial charge on any atom is 0.137 e. The summed E-state index contributed by atoms with van der Waals surface area (Å²) in [5.41, 5.74) is 1.97. The van der Waals surface area contributed by atoms with E-state index < -0.39 is 0 Å². The Morgan fingerprint density at radius 3 is 2.75 bits per heavy atom. The molecular formula is C11H6Br2N2S. The minimum atomic E-state index is 0.961. The third-order valence-electron chi connectivity index (χ3n) is 2.23. The molecule has 0 aliphatic rings. The van der Waals surface area contributed by atoms with Gasteiger partial charge in [0.25, 0.3) is 0 Å². The Kier molecular flexibility index (Phi) is 2.61. The molecule has 16 heavy (non-hydrogen) atoms. The SMILES string of the molecule is Brc1csc(-c2cn3cc(Br)ccc3n2)c1. The quantitative estimate of drug-likeness (QED) is 0.622. The summed E-state index contributed by atoms with van der Waals surface area (Å²) >= 11 is 8.59. The molecule has 0 unspecified atom stereocenters. The van der Waals surface area contributed by atoms with E-state index in [1.807, 2.05) is 28.9 Å². The van der Waals surface area contributed by atoms with E-state index in [1.54, 1.807) is 11.3 Å². The molecule has 0 saturated carbocycles. The number of pyridine rings is 1. The Hall–Kier alpha value is -0.650. The van der Waals surface area contributed by atoms with Crippen molar-refractivity contribution < 1.29 is 0 Å². The maximum absolute atomic E-state index is 4.57. The lowest BCUT2D eigenvalue weighted by atomic mass is 10.4. The molecule has 0 radical (unpaired) electrons. The second-order valence-corrected chi connectivity index (χ2v) is 6.11. The van der Waals surface area contributed by atoms with Crippen molar-refractivity contribution in [2.24, 2.45) is 0 Å². The first-order chi connectivity index (χ1) is 7.72. The van der Waals surface area contributed by atoms with Crippen molar-refractivity contribution in [1.29, 1.82) is 0 Å². The molecule has 0 amide bonds. The van der Waals surface area contributed by atoms with Gasteiger partial charge in [0.1, 0.15) is 5.65 Å². The largest absolute Gasteiger partial charge is 0.305 e. The van der Waals surface area contributed by atoms with Crippen LogP contribution in [0.3, 0.4) is 0 Å². The van der Waals surface area contributed by atoms with E-state index in [9.17, 15) is 0 Å². The second-order valence-electron chi connectivity index (χ2n) is 3.37. The van der Waals surface area contributed by atoms with Crippen molar-refractivity contribution in [3.63, 3.8) is 0 Å². The van der Waals surface area contributed by atoms with Gasteiger partial charge in [-0.15, -0.1) is 11.3 Å². The number of thiophene rings is 1. The molecule has 0 fully saturated rings. The predicted molar refractivity (Wildman–Crippen MR) is 73.9 cm³/mol. The molecule has 2 nitrogen and oxygen atoms in total. The number of rotatable bonds is 1. The molecule has 0 aromatic carbocycles. The van der Waals surface area contributed by atoms with E-state index in [2.05, 4.69) is 48.3 Å². The molecule has 0 aliphatic heterocycles. The highest BCUT2D eigenvalue weighted by Gasteiger charge is 2.06. The zero-order valence-corrected chi connectivity index (χ0v) is 12.0. The van der Waals surface area contributed by atoms with E-state index in [1.165, 1.54) is 4.88 Å². The lowest BCUT2D eigenvalue weighted by Crippen LogP contribution is -1.80. The van der Waals surface area contributed by atoms with Gasteiger partial charge in [-0.3, -0.25) is 0 Å². The number of fused-ring (bicyclic) bond motifs is 1. The molecule has 3 aromatic rings. The highest BCUT2D eigenvalue weighted by molar-refractivity contribution is 9.10. The van der Waals surface area contributed by atoms with Gasteiger partial charge in [-0.25, -0.2) is 4.98 Å². The zero-order chi connectivity index (χ0) is 11.1. The number of imidazole rings is 1. The molecule has 3 rings (SSSR count). The molecule has 80 valence electrons. The van der Waals surface area contributed by atoms with Gasteiger partial charge < -0.3 is 4.40 Å². The number of aromatic nitrogens is 2. The van der Waals surface area contributed by atoms with Crippen molar-refractivity contribution in [2.75, 3.05) is 0 Å². The summed E-state index contributed by atoms with van der Waals surface area (Å²) in [5.74, 6) is 0. The third-order valence-corrected chi connectivity index (χ3v) is 4.42. The summed E-state index contributed by atoms with van der Waals surface area (Å²) in [6.45, 7) is 0. The summed E-state index contributed by atoms with van der Waals surface area (Å²) in [7, 11) is 0. The van der Waals surface area contributed by atoms with Gasteiger partial charge in [0.15, 0.2) is 0 Å². The van der Waals surface area contributed by atoms with Gasteiger partial charge in [-0.2, -0.15) is 0 Å². The van der Waals surface area contributed by atoms with Crippen LogP contribution in [0.15, 0.2) is 44.9 Å². The van der Waals surface area contributed by atoms with Crippen LogP contribution < -0.4 is 0 Å². The van der Waals surface area contributed by atoms with Crippen LogP contribution in [0.2, 0.25) is 0 Å². The van der Waals surface area contributed by atoms with Crippen molar-refractivity contribution in [1.82, 2.24) is 9.38 Å². The lowest BCUT2D eigenvalue weighted by molar-refractivity contribution is 1.17. The molecule has 3 heterocycles. The van der Waals surface area contributed by atoms with Crippen molar-refractivity contribution in [2.45, 2.75) is 0 Å². The monoisotopic (exact) mass is 356 g/mol. The molecule has 0 aliphatic carbocycles. The minimum Gasteiger partial charge on any atom is -0.305 e. The van der Waals surface area contributed by atoms with Crippen molar-refractivity contribution >= 4 is 48.8 Å². The fourth-order valence-corrected chi connectivity index (χ4v) is 3.27. The van der Waals surface area contributed by atoms with Crippen molar-refractivity contribution in [3.05, 3.63) is 44.9 Å². The maximum atomic E-state index is 4.57. The smallest absolute Gasteiger partial charge is 0.137 e. The highest BCUT2D eigenvalue weighted by atomic mass is 79.9. The summed E-state index contributed by atoms with van der Waals surface area (Å²) in [6, 6.07) is 6.08. The standard InChI is InChI=1S/C11H6Br2N2S/c12-7-1-2-11-14-9(5-15(11)4-7)10-3-8(13)6-16-10/h1-6H. The zero-order valence-electron chi connectivity index (χ0n) is 8.02. The first kappa shape index (κ1) is 10.5. The van der Waals surface area contributed by atoms with Crippen LogP contribution in [0.25, 0.3) is 16.2 Å². The van der Waals surface area contributed by atoms with E-state index in [4.69, 9.17) is 0 Å². The van der Waals surface area contributed by atoms with Gasteiger partial charge in [-0.1, -0.05) is 0 Å². The predicted octanol–water partition coefficient (Wildman–Crippen LogP) is 4.59. The average Bonchev–Trinajstić information content (AvgIpc) is 2.83. The fraction of sp³-hybridized carbons (Fsp3) is 0. The van der Waals surface area contributed by atoms with Crippen LogP contribution >= 0.6 is 43.2 Å². The molecule has 5 heteroatoms. The molecule has 0 N–H and O–H groups in total. The van der Waals surface area contributed by atoms with E-state index in [0.717, 1.165) is 20.3 Å². The van der Waals surface area contributed by atoms with Gasteiger partial charge >= 0.3 is 0 Å². The molecular weight excluding hydrogens is 352 g/mol. The Labute approximate surface area is 113 Å². The van der Waals surface area contributed by atoms with Crippen molar-refractivity contribution in [3.8, 4) is 10.6 Å². The summed E-state index contributed by atoms with van der Waals surface area (Å²) in [6.07, 6.45) is 4.05. The number of hydrogen-bond acceptors (Lipinski definition) is 2. The Morgan fingerprint density at radius 2 is 2.00 bits per heavy atom. The first-order valence-corrected chi connectivity index (χ1v) is 7.07. The third kappa shape index (κ3) is 1.83. The van der Waals surface area contributed by atoms with Crippen LogP contribution in [0, 0.1) is 0 Å². The summed E-state index contributed by atoms with van der Waals surface area (Å²) in [5, 5.41) is 2.06. The average molecular weight is 358 g/mol. The molecule has 0 atom stereocenters. The lowest BCUT2D eigenvalue weighted by Gasteiger charge is -1.91. The van der Waals surface area contributed by atoms with Gasteiger partial charge in [-0.05, 0) is 50.1 Å². The van der Waals surface area contributed by atoms with Crippen LogP contribution in [-0.2, 0) is 0 Å². The molecule has 3 aromatic heterocycles. The highest BCUT2D eigenvalue weighted by Crippen LogP contribution is 2.29. The normalized spacial score (nSPS) is 11.1.